The van der Waals surface area contributed by atoms with Crippen molar-refractivity contribution >= 4 is 58.1 Å². The van der Waals surface area contributed by atoms with Crippen LogP contribution in [0.1, 0.15) is 21.9 Å². The van der Waals surface area contributed by atoms with E-state index in [1.807, 2.05) is 0 Å². The normalized spacial score (nSPS) is 20.6. The Labute approximate surface area is 283 Å². The van der Waals surface area contributed by atoms with Gasteiger partial charge in [0.1, 0.15) is 41.3 Å². The zero-order valence-corrected chi connectivity index (χ0v) is 26.7. The molecule has 1 saturated heterocycles. The van der Waals surface area contributed by atoms with Crippen LogP contribution in [0.25, 0.3) is 11.3 Å². The molecular formula is C31H32Cl2N6O9. The molecule has 0 radical (unpaired) electrons. The van der Waals surface area contributed by atoms with Crippen molar-refractivity contribution in [3.63, 3.8) is 0 Å². The number of carboxylic acids is 1. The Morgan fingerprint density at radius 2 is 1.65 bits per heavy atom. The van der Waals surface area contributed by atoms with Crippen LogP contribution in [0, 0.1) is 6.92 Å². The second kappa shape index (κ2) is 15.2. The van der Waals surface area contributed by atoms with Gasteiger partial charge in [-0.15, -0.1) is 0 Å². The molecule has 4 aromatic rings. The summed E-state index contributed by atoms with van der Waals surface area (Å²) in [5, 5.41) is 62.0. The van der Waals surface area contributed by atoms with Crippen molar-refractivity contribution in [1.29, 1.82) is 0 Å². The van der Waals surface area contributed by atoms with Crippen LogP contribution in [0.5, 0.6) is 0 Å². The molecule has 5 unspecified atom stereocenters. The van der Waals surface area contributed by atoms with Gasteiger partial charge in [-0.2, -0.15) is 0 Å². The minimum atomic E-state index is -1.86. The van der Waals surface area contributed by atoms with E-state index in [9.17, 15) is 35.1 Å². The molecule has 0 saturated carbocycles. The van der Waals surface area contributed by atoms with E-state index in [2.05, 4.69) is 31.2 Å². The molecule has 0 bridgehead atoms. The fourth-order valence-corrected chi connectivity index (χ4v) is 5.27. The van der Waals surface area contributed by atoms with Crippen LogP contribution in [0.15, 0.2) is 59.0 Å². The third kappa shape index (κ3) is 7.96. The minimum absolute atomic E-state index is 0.0147. The highest BCUT2D eigenvalue weighted by atomic mass is 35.5. The standard InChI is InChI=1S/C31H32Cl2N6O9/c1-14-37-27(34-10-11-35-29(43)26-24(41)23(40)25(42)31(46)48-26)22(28(38-14)39-20-5-3-2-4-17(20)30(44)45)36-13-16-7-9-21(47-16)18-12-15(32)6-8-19(18)33/h2-9,12,23-26,31,36,40-42,46H,10-11,13H2,1H3,(H,35,43)(H,44,45)(H2,34,37,38,39). The summed E-state index contributed by atoms with van der Waals surface area (Å²) in [5.74, 6) is -0.101. The first-order valence-corrected chi connectivity index (χ1v) is 15.3. The number of aliphatic hydroxyl groups excluding tert-OH is 4. The molecule has 15 nitrogen and oxygen atoms in total. The van der Waals surface area contributed by atoms with Crippen molar-refractivity contribution in [3.8, 4) is 11.3 Å². The average molecular weight is 704 g/mol. The van der Waals surface area contributed by atoms with Crippen LogP contribution < -0.4 is 21.3 Å². The number of aryl methyl sites for hydroxylation is 1. The molecule has 17 heteroatoms. The number of hydrogen-bond donors (Lipinski definition) is 9. The maximum absolute atomic E-state index is 12.6. The van der Waals surface area contributed by atoms with Gasteiger partial charge in [-0.05, 0) is 49.4 Å². The van der Waals surface area contributed by atoms with E-state index in [1.165, 1.54) is 6.07 Å². The predicted molar refractivity (Wildman–Crippen MR) is 175 cm³/mol. The molecule has 1 aliphatic heterocycles. The highest BCUT2D eigenvalue weighted by molar-refractivity contribution is 6.35. The van der Waals surface area contributed by atoms with Gasteiger partial charge in [-0.25, -0.2) is 14.8 Å². The number of furan rings is 1. The molecule has 48 heavy (non-hydrogen) atoms. The maximum Gasteiger partial charge on any atom is 0.337 e. The average Bonchev–Trinajstić information content (AvgIpc) is 3.53. The molecule has 2 aromatic carbocycles. The Bertz CT molecular complexity index is 1790. The van der Waals surface area contributed by atoms with Crippen LogP contribution >= 0.6 is 23.2 Å². The van der Waals surface area contributed by atoms with E-state index in [0.717, 1.165) is 0 Å². The lowest BCUT2D eigenvalue weighted by Crippen LogP contribution is -2.61. The Morgan fingerprint density at radius 1 is 0.896 bits per heavy atom. The SMILES string of the molecule is Cc1nc(NCCNC(=O)C2OC(O)C(O)C(O)C2O)c(NCc2ccc(-c3cc(Cl)ccc3Cl)o2)c(Nc2ccccc2C(=O)O)n1. The van der Waals surface area contributed by atoms with Crippen molar-refractivity contribution in [2.45, 2.75) is 44.2 Å². The molecule has 0 aliphatic carbocycles. The Hall–Kier alpha value is -4.48. The number of nitrogens with zero attached hydrogens (tertiary/aromatic N) is 2. The summed E-state index contributed by atoms with van der Waals surface area (Å²) in [6, 6.07) is 14.8. The molecule has 5 rings (SSSR count). The topological polar surface area (TPSA) is 232 Å². The van der Waals surface area contributed by atoms with E-state index in [0.29, 0.717) is 44.5 Å². The van der Waals surface area contributed by atoms with Crippen LogP contribution in [0.3, 0.4) is 0 Å². The Kier molecular flexibility index (Phi) is 11.0. The van der Waals surface area contributed by atoms with Gasteiger partial charge in [0.25, 0.3) is 5.91 Å². The number of carbonyl (C=O) groups is 2. The van der Waals surface area contributed by atoms with Gasteiger partial charge in [-0.3, -0.25) is 4.79 Å². The highest BCUT2D eigenvalue weighted by Gasteiger charge is 2.46. The fourth-order valence-electron chi connectivity index (χ4n) is 4.89. The highest BCUT2D eigenvalue weighted by Crippen LogP contribution is 2.34. The maximum atomic E-state index is 12.6. The van der Waals surface area contributed by atoms with Gasteiger partial charge < -0.3 is 56.0 Å². The lowest BCUT2D eigenvalue weighted by atomic mass is 9.98. The number of carbonyl (C=O) groups excluding carboxylic acids is 1. The summed E-state index contributed by atoms with van der Waals surface area (Å²) in [6.07, 6.45) is -8.81. The van der Waals surface area contributed by atoms with Crippen LogP contribution in [-0.2, 0) is 16.1 Å². The largest absolute Gasteiger partial charge is 0.478 e. The van der Waals surface area contributed by atoms with Crippen LogP contribution in [0.2, 0.25) is 10.0 Å². The second-order valence-corrected chi connectivity index (χ2v) is 11.5. The van der Waals surface area contributed by atoms with Crippen molar-refractivity contribution in [3.05, 3.63) is 81.8 Å². The number of aliphatic hydroxyl groups is 4. The molecule has 1 fully saturated rings. The molecule has 1 amide bonds. The zero-order valence-electron chi connectivity index (χ0n) is 25.2. The molecule has 3 heterocycles. The molecule has 1 aliphatic rings. The number of halogens is 2. The van der Waals surface area contributed by atoms with Crippen molar-refractivity contribution < 1.29 is 44.3 Å². The van der Waals surface area contributed by atoms with Crippen LogP contribution in [0.4, 0.5) is 23.0 Å². The number of hydrogen-bond acceptors (Lipinski definition) is 13. The monoisotopic (exact) mass is 702 g/mol. The summed E-state index contributed by atoms with van der Waals surface area (Å²) in [7, 11) is 0. The first-order chi connectivity index (χ1) is 22.9. The zero-order chi connectivity index (χ0) is 34.5. The summed E-state index contributed by atoms with van der Waals surface area (Å²) < 4.78 is 11.0. The smallest absolute Gasteiger partial charge is 0.337 e. The summed E-state index contributed by atoms with van der Waals surface area (Å²) in [4.78, 5) is 33.5. The van der Waals surface area contributed by atoms with Gasteiger partial charge in [0.2, 0.25) is 0 Å². The third-order valence-electron chi connectivity index (χ3n) is 7.29. The number of aromatic nitrogens is 2. The first-order valence-electron chi connectivity index (χ1n) is 14.6. The Balaban J connectivity index is 1.35. The van der Waals surface area contributed by atoms with E-state index in [-0.39, 0.29) is 36.7 Å². The van der Waals surface area contributed by atoms with Crippen molar-refractivity contribution in [2.24, 2.45) is 0 Å². The van der Waals surface area contributed by atoms with E-state index in [1.54, 1.807) is 55.5 Å². The van der Waals surface area contributed by atoms with E-state index < -0.39 is 42.6 Å². The van der Waals surface area contributed by atoms with Gasteiger partial charge in [-0.1, -0.05) is 35.3 Å². The predicted octanol–water partition coefficient (Wildman–Crippen LogP) is 2.73. The number of anilines is 4. The van der Waals surface area contributed by atoms with E-state index >= 15 is 0 Å². The lowest BCUT2D eigenvalue weighted by molar-refractivity contribution is -0.275. The quantitative estimate of drug-likeness (QED) is 0.0967. The number of aromatic carboxylic acids is 1. The van der Waals surface area contributed by atoms with Gasteiger partial charge in [0.15, 0.2) is 24.0 Å². The summed E-state index contributed by atoms with van der Waals surface area (Å²) >= 11 is 12.5. The molecule has 0 spiro atoms. The molecule has 5 atom stereocenters. The number of ether oxygens (including phenoxy) is 1. The summed E-state index contributed by atoms with van der Waals surface area (Å²) in [6.45, 7) is 1.86. The number of rotatable bonds is 12. The van der Waals surface area contributed by atoms with E-state index in [4.69, 9.17) is 32.4 Å². The number of para-hydroxylation sites is 1. The fraction of sp³-hybridized carbons (Fsp3) is 0.290. The molecular weight excluding hydrogens is 671 g/mol. The van der Waals surface area contributed by atoms with Crippen molar-refractivity contribution in [2.75, 3.05) is 29.0 Å². The van der Waals surface area contributed by atoms with Gasteiger partial charge in [0, 0.05) is 23.7 Å². The van der Waals surface area contributed by atoms with Gasteiger partial charge >= 0.3 is 5.97 Å². The third-order valence-corrected chi connectivity index (χ3v) is 7.85. The van der Waals surface area contributed by atoms with Crippen LogP contribution in [-0.4, -0.2) is 91.2 Å². The Morgan fingerprint density at radius 3 is 2.42 bits per heavy atom. The number of nitrogens with one attached hydrogen (secondary N) is 4. The molecule has 254 valence electrons. The lowest BCUT2D eigenvalue weighted by Gasteiger charge is -2.37. The minimum Gasteiger partial charge on any atom is -0.478 e. The second-order valence-electron chi connectivity index (χ2n) is 10.7. The number of amides is 1. The van der Waals surface area contributed by atoms with Gasteiger partial charge in [0.05, 0.1) is 22.8 Å². The summed E-state index contributed by atoms with van der Waals surface area (Å²) in [5.41, 5.74) is 1.25. The first kappa shape index (κ1) is 34.8. The number of carboxylic acid groups (broad SMARTS) is 1. The van der Waals surface area contributed by atoms with Crippen molar-refractivity contribution in [1.82, 2.24) is 15.3 Å². The molecule has 9 N–H and O–H groups in total. The molecule has 2 aromatic heterocycles. The number of benzene rings is 2.